The lowest BCUT2D eigenvalue weighted by Crippen LogP contribution is -2.05. The Balaban J connectivity index is 1.35. The lowest BCUT2D eigenvalue weighted by molar-refractivity contribution is 0.797. The number of fused-ring (bicyclic) bond motifs is 1. The maximum atomic E-state index is 4.57. The van der Waals surface area contributed by atoms with Crippen molar-refractivity contribution in [1.82, 2.24) is 29.4 Å². The zero-order valence-corrected chi connectivity index (χ0v) is 16.6. The van der Waals surface area contributed by atoms with Crippen molar-refractivity contribution >= 4 is 11.5 Å². The lowest BCUT2D eigenvalue weighted by atomic mass is 9.98. The van der Waals surface area contributed by atoms with Crippen molar-refractivity contribution in [3.8, 4) is 11.1 Å². The summed E-state index contributed by atoms with van der Waals surface area (Å²) in [4.78, 5) is 4.10. The van der Waals surface area contributed by atoms with Gasteiger partial charge in [-0.2, -0.15) is 4.52 Å². The van der Waals surface area contributed by atoms with Crippen molar-refractivity contribution in [3.05, 3.63) is 96.3 Å². The van der Waals surface area contributed by atoms with Gasteiger partial charge in [-0.05, 0) is 41.3 Å². The summed E-state index contributed by atoms with van der Waals surface area (Å²) in [5.74, 6) is 1.56. The smallest absolute Gasteiger partial charge is 0.178 e. The lowest BCUT2D eigenvalue weighted by Gasteiger charge is -2.12. The Morgan fingerprint density at radius 2 is 1.80 bits per heavy atom. The number of anilines is 1. The van der Waals surface area contributed by atoms with Crippen molar-refractivity contribution in [2.24, 2.45) is 0 Å². The summed E-state index contributed by atoms with van der Waals surface area (Å²) < 4.78 is 3.81. The fourth-order valence-corrected chi connectivity index (χ4v) is 3.51. The number of rotatable bonds is 6. The van der Waals surface area contributed by atoms with Crippen LogP contribution in [-0.2, 0) is 13.1 Å². The number of benzene rings is 2. The number of hydrogen-bond donors (Lipinski definition) is 1. The molecule has 7 heteroatoms. The van der Waals surface area contributed by atoms with Crippen LogP contribution in [0.15, 0.2) is 79.4 Å². The van der Waals surface area contributed by atoms with E-state index < -0.39 is 0 Å². The van der Waals surface area contributed by atoms with Crippen LogP contribution in [0, 0.1) is 6.92 Å². The average molecular weight is 395 g/mol. The first-order valence-electron chi connectivity index (χ1n) is 9.82. The summed E-state index contributed by atoms with van der Waals surface area (Å²) in [7, 11) is 0. The molecule has 0 fully saturated rings. The molecular weight excluding hydrogens is 374 g/mol. The van der Waals surface area contributed by atoms with E-state index in [4.69, 9.17) is 0 Å². The average Bonchev–Trinajstić information content (AvgIpc) is 3.43. The van der Waals surface area contributed by atoms with Crippen LogP contribution in [0.4, 0.5) is 5.82 Å². The van der Waals surface area contributed by atoms with Gasteiger partial charge in [0.1, 0.15) is 5.82 Å². The van der Waals surface area contributed by atoms with Crippen LogP contribution < -0.4 is 5.32 Å². The van der Waals surface area contributed by atoms with Gasteiger partial charge in [0.25, 0.3) is 0 Å². The molecule has 5 aromatic rings. The fraction of sp³-hybridized carbons (Fsp3) is 0.130. The van der Waals surface area contributed by atoms with Crippen molar-refractivity contribution < 1.29 is 0 Å². The maximum Gasteiger partial charge on any atom is 0.178 e. The van der Waals surface area contributed by atoms with Crippen LogP contribution in [0.3, 0.4) is 0 Å². The molecule has 0 unspecified atom stereocenters. The molecule has 0 aliphatic heterocycles. The van der Waals surface area contributed by atoms with Gasteiger partial charge in [0, 0.05) is 25.5 Å². The molecule has 7 nitrogen and oxygen atoms in total. The topological polar surface area (TPSA) is 72.9 Å². The van der Waals surface area contributed by atoms with Gasteiger partial charge in [0.2, 0.25) is 0 Å². The molecule has 3 heterocycles. The SMILES string of the molecule is Cc1nnc2ccc(NCc3ccccc3-c3ccc(Cn4ccnc4)cc3)nn12. The van der Waals surface area contributed by atoms with Gasteiger partial charge in [0.05, 0.1) is 6.33 Å². The standard InChI is InChI=1S/C23H21N7/c1-17-26-27-23-11-10-22(28-30(17)23)25-14-20-4-2-3-5-21(20)19-8-6-18(7-9-19)15-29-13-12-24-16-29/h2-13,16H,14-15H2,1H3,(H,25,28). The van der Waals surface area contributed by atoms with E-state index in [0.717, 1.165) is 23.8 Å². The highest BCUT2D eigenvalue weighted by molar-refractivity contribution is 5.68. The van der Waals surface area contributed by atoms with Gasteiger partial charge in [-0.1, -0.05) is 48.5 Å². The van der Waals surface area contributed by atoms with Gasteiger partial charge < -0.3 is 9.88 Å². The van der Waals surface area contributed by atoms with Crippen LogP contribution in [0.2, 0.25) is 0 Å². The highest BCUT2D eigenvalue weighted by Gasteiger charge is 2.07. The largest absolute Gasteiger partial charge is 0.365 e. The second-order valence-electron chi connectivity index (χ2n) is 7.18. The minimum atomic E-state index is 0.673. The molecule has 2 aromatic carbocycles. The van der Waals surface area contributed by atoms with Gasteiger partial charge in [-0.15, -0.1) is 15.3 Å². The highest BCUT2D eigenvalue weighted by atomic mass is 15.4. The van der Waals surface area contributed by atoms with E-state index in [2.05, 4.69) is 78.7 Å². The van der Waals surface area contributed by atoms with Crippen molar-refractivity contribution in [1.29, 1.82) is 0 Å². The normalized spacial score (nSPS) is 11.1. The zero-order chi connectivity index (χ0) is 20.3. The molecule has 3 aromatic heterocycles. The predicted molar refractivity (Wildman–Crippen MR) is 116 cm³/mol. The Labute approximate surface area is 174 Å². The third-order valence-electron chi connectivity index (χ3n) is 5.09. The monoisotopic (exact) mass is 395 g/mol. The van der Waals surface area contributed by atoms with Gasteiger partial charge in [-0.25, -0.2) is 4.98 Å². The molecule has 148 valence electrons. The summed E-state index contributed by atoms with van der Waals surface area (Å²) in [6, 6.07) is 21.0. The van der Waals surface area contributed by atoms with Crippen LogP contribution in [0.1, 0.15) is 17.0 Å². The maximum absolute atomic E-state index is 4.57. The minimum absolute atomic E-state index is 0.673. The number of aromatic nitrogens is 6. The Hall–Kier alpha value is -4.00. The van der Waals surface area contributed by atoms with Gasteiger partial charge in [0.15, 0.2) is 11.5 Å². The van der Waals surface area contributed by atoms with Crippen LogP contribution in [0.5, 0.6) is 0 Å². The molecule has 1 N–H and O–H groups in total. The molecule has 5 rings (SSSR count). The quantitative estimate of drug-likeness (QED) is 0.471. The summed E-state index contributed by atoms with van der Waals surface area (Å²) in [5.41, 5.74) is 5.60. The number of imidazole rings is 1. The molecule has 0 aliphatic rings. The minimum Gasteiger partial charge on any atom is -0.365 e. The Bertz CT molecular complexity index is 1270. The fourth-order valence-electron chi connectivity index (χ4n) is 3.51. The van der Waals surface area contributed by atoms with Crippen molar-refractivity contribution in [2.45, 2.75) is 20.0 Å². The van der Waals surface area contributed by atoms with E-state index >= 15 is 0 Å². The summed E-state index contributed by atoms with van der Waals surface area (Å²) >= 11 is 0. The van der Waals surface area contributed by atoms with E-state index in [1.807, 2.05) is 31.6 Å². The van der Waals surface area contributed by atoms with E-state index in [0.29, 0.717) is 6.54 Å². The second kappa shape index (κ2) is 7.79. The molecule has 0 bridgehead atoms. The number of nitrogens with zero attached hydrogens (tertiary/aromatic N) is 6. The molecule has 0 amide bonds. The van der Waals surface area contributed by atoms with Gasteiger partial charge in [-0.3, -0.25) is 0 Å². The molecular formula is C23H21N7. The van der Waals surface area contributed by atoms with Crippen LogP contribution in [-0.4, -0.2) is 29.4 Å². The first-order valence-corrected chi connectivity index (χ1v) is 9.82. The first-order chi connectivity index (χ1) is 14.8. The molecule has 0 spiro atoms. The second-order valence-corrected chi connectivity index (χ2v) is 7.18. The Kier molecular flexibility index (Phi) is 4.69. The zero-order valence-electron chi connectivity index (χ0n) is 16.6. The Morgan fingerprint density at radius 1 is 0.933 bits per heavy atom. The van der Waals surface area contributed by atoms with Crippen molar-refractivity contribution in [2.75, 3.05) is 5.32 Å². The molecule has 0 saturated carbocycles. The number of nitrogens with one attached hydrogen (secondary N) is 1. The van der Waals surface area contributed by atoms with E-state index in [9.17, 15) is 0 Å². The molecule has 0 aliphatic carbocycles. The number of hydrogen-bond acceptors (Lipinski definition) is 5. The first kappa shape index (κ1) is 18.1. The summed E-state index contributed by atoms with van der Waals surface area (Å²) in [6.07, 6.45) is 5.61. The van der Waals surface area contributed by atoms with Crippen molar-refractivity contribution in [3.63, 3.8) is 0 Å². The summed E-state index contributed by atoms with van der Waals surface area (Å²) in [6.45, 7) is 3.38. The Morgan fingerprint density at radius 3 is 2.63 bits per heavy atom. The van der Waals surface area contributed by atoms with E-state index in [1.165, 1.54) is 22.3 Å². The molecule has 0 atom stereocenters. The van der Waals surface area contributed by atoms with E-state index in [1.54, 1.807) is 10.7 Å². The predicted octanol–water partition coefficient (Wildman–Crippen LogP) is 3.96. The third kappa shape index (κ3) is 3.65. The third-order valence-corrected chi connectivity index (χ3v) is 5.09. The van der Waals surface area contributed by atoms with Crippen LogP contribution >= 0.6 is 0 Å². The van der Waals surface area contributed by atoms with E-state index in [-0.39, 0.29) is 0 Å². The van der Waals surface area contributed by atoms with Gasteiger partial charge >= 0.3 is 0 Å². The molecule has 0 saturated heterocycles. The van der Waals surface area contributed by atoms with Crippen LogP contribution in [0.25, 0.3) is 16.8 Å². The molecule has 30 heavy (non-hydrogen) atoms. The molecule has 0 radical (unpaired) electrons. The summed E-state index contributed by atoms with van der Waals surface area (Å²) in [5, 5.41) is 16.1. The highest BCUT2D eigenvalue weighted by Crippen LogP contribution is 2.25. The number of aryl methyl sites for hydroxylation is 1.